The summed E-state index contributed by atoms with van der Waals surface area (Å²) in [6, 6.07) is 4.90. The summed E-state index contributed by atoms with van der Waals surface area (Å²) in [5.74, 6) is -0.126. The molecule has 1 aliphatic heterocycles. The van der Waals surface area contributed by atoms with Crippen molar-refractivity contribution in [2.75, 3.05) is 26.2 Å². The highest BCUT2D eigenvalue weighted by molar-refractivity contribution is 5.97. The minimum atomic E-state index is -0.250. The fourth-order valence-corrected chi connectivity index (χ4v) is 2.81. The van der Waals surface area contributed by atoms with E-state index in [1.807, 2.05) is 0 Å². The summed E-state index contributed by atoms with van der Waals surface area (Å²) in [5, 5.41) is 26.4. The van der Waals surface area contributed by atoms with Gasteiger partial charge in [-0.3, -0.25) is 9.69 Å². The molecule has 0 spiro atoms. The third kappa shape index (κ3) is 3.06. The number of hydrogen-bond acceptors (Lipinski definition) is 7. The van der Waals surface area contributed by atoms with E-state index in [0.717, 1.165) is 26.2 Å². The number of hydrogen-bond donors (Lipinski definition) is 3. The predicted octanol–water partition coefficient (Wildman–Crippen LogP) is 1.04. The quantitative estimate of drug-likeness (QED) is 0.444. The molecule has 1 aromatic heterocycles. The number of benzene rings is 1. The lowest BCUT2D eigenvalue weighted by atomic mass is 10.1. The van der Waals surface area contributed by atoms with Crippen LogP contribution in [0.5, 0.6) is 5.75 Å². The maximum absolute atomic E-state index is 11.6. The van der Waals surface area contributed by atoms with Gasteiger partial charge in [0, 0.05) is 38.1 Å². The maximum Gasteiger partial charge on any atom is 0.266 e. The fraction of sp³-hybridized carbons (Fsp3) is 0.375. The first-order valence-electron chi connectivity index (χ1n) is 7.51. The Bertz CT molecular complexity index is 807. The van der Waals surface area contributed by atoms with E-state index in [0.29, 0.717) is 23.1 Å². The van der Waals surface area contributed by atoms with Crippen LogP contribution in [0.4, 0.5) is 0 Å². The molecule has 2 aromatic rings. The standard InChI is InChI=1S/C16H19N3O4/c1-10(20)12-8-11-2-3-14(21)13(15(11)23-16(12)18-22)9-19-6-4-17-5-7-19/h2-3,8,17,21-22H,4-7,9H2,1H3. The summed E-state index contributed by atoms with van der Waals surface area (Å²) in [6.45, 7) is 5.45. The largest absolute Gasteiger partial charge is 0.507 e. The molecule has 2 heterocycles. The van der Waals surface area contributed by atoms with Gasteiger partial charge in [0.25, 0.3) is 5.55 Å². The summed E-state index contributed by atoms with van der Waals surface area (Å²) < 4.78 is 5.62. The number of fused-ring (bicyclic) bond motifs is 1. The number of rotatable bonds is 3. The number of nitrogens with zero attached hydrogens (tertiary/aromatic N) is 2. The van der Waals surface area contributed by atoms with Gasteiger partial charge < -0.3 is 20.0 Å². The molecule has 0 amide bonds. The van der Waals surface area contributed by atoms with Crippen LogP contribution in [-0.2, 0) is 6.54 Å². The zero-order valence-electron chi connectivity index (χ0n) is 12.9. The highest BCUT2D eigenvalue weighted by Crippen LogP contribution is 2.28. The number of ketones is 1. The first-order valence-corrected chi connectivity index (χ1v) is 7.51. The average Bonchev–Trinajstić information content (AvgIpc) is 2.57. The van der Waals surface area contributed by atoms with E-state index in [-0.39, 0.29) is 22.7 Å². The van der Waals surface area contributed by atoms with Crippen LogP contribution in [0, 0.1) is 0 Å². The van der Waals surface area contributed by atoms with Gasteiger partial charge in [0.05, 0.1) is 11.1 Å². The smallest absolute Gasteiger partial charge is 0.266 e. The molecule has 0 unspecified atom stereocenters. The monoisotopic (exact) mass is 317 g/mol. The van der Waals surface area contributed by atoms with E-state index >= 15 is 0 Å². The van der Waals surface area contributed by atoms with Crippen molar-refractivity contribution < 1.29 is 19.5 Å². The molecule has 7 nitrogen and oxygen atoms in total. The molecule has 0 bridgehead atoms. The number of aromatic hydroxyl groups is 1. The minimum Gasteiger partial charge on any atom is -0.507 e. The van der Waals surface area contributed by atoms with Crippen LogP contribution in [0.2, 0.25) is 0 Å². The summed E-state index contributed by atoms with van der Waals surface area (Å²) in [4.78, 5) is 13.8. The molecule has 3 rings (SSSR count). The molecule has 3 N–H and O–H groups in total. The van der Waals surface area contributed by atoms with E-state index in [2.05, 4.69) is 15.4 Å². The van der Waals surface area contributed by atoms with Crippen molar-refractivity contribution in [3.05, 3.63) is 34.9 Å². The number of piperazine rings is 1. The van der Waals surface area contributed by atoms with E-state index in [1.165, 1.54) is 6.92 Å². The van der Waals surface area contributed by atoms with Gasteiger partial charge in [-0.15, -0.1) is 0 Å². The normalized spacial score (nSPS) is 16.8. The Kier molecular flexibility index (Phi) is 4.31. The van der Waals surface area contributed by atoms with Crippen LogP contribution in [0.1, 0.15) is 22.8 Å². The van der Waals surface area contributed by atoms with Crippen molar-refractivity contribution in [3.8, 4) is 5.75 Å². The first kappa shape index (κ1) is 15.5. The third-order valence-electron chi connectivity index (χ3n) is 4.06. The van der Waals surface area contributed by atoms with Crippen LogP contribution in [0.3, 0.4) is 0 Å². The number of phenolic OH excluding ortho intramolecular Hbond substituents is 1. The fourth-order valence-electron chi connectivity index (χ4n) is 2.81. The lowest BCUT2D eigenvalue weighted by Crippen LogP contribution is -2.42. The van der Waals surface area contributed by atoms with Gasteiger partial charge in [-0.25, -0.2) is 0 Å². The zero-order chi connectivity index (χ0) is 16.4. The van der Waals surface area contributed by atoms with Crippen LogP contribution in [0.15, 0.2) is 27.8 Å². The third-order valence-corrected chi connectivity index (χ3v) is 4.06. The Morgan fingerprint density at radius 1 is 1.39 bits per heavy atom. The van der Waals surface area contributed by atoms with Crippen LogP contribution >= 0.6 is 0 Å². The van der Waals surface area contributed by atoms with E-state index < -0.39 is 0 Å². The molecule has 23 heavy (non-hydrogen) atoms. The van der Waals surface area contributed by atoms with E-state index in [1.54, 1.807) is 18.2 Å². The summed E-state index contributed by atoms with van der Waals surface area (Å²) >= 11 is 0. The molecule has 0 saturated carbocycles. The SMILES string of the molecule is CC(=O)c1cc2ccc(O)c(CN3CCNCC3)c2oc1=NO. The second-order valence-corrected chi connectivity index (χ2v) is 5.63. The van der Waals surface area contributed by atoms with Gasteiger partial charge in [0.15, 0.2) is 5.78 Å². The van der Waals surface area contributed by atoms with Gasteiger partial charge in [0.2, 0.25) is 0 Å². The number of carbonyl (C=O) groups excluding carboxylic acids is 1. The number of carbonyl (C=O) groups is 1. The first-order chi connectivity index (χ1) is 11.1. The predicted molar refractivity (Wildman–Crippen MR) is 83.4 cm³/mol. The topological polar surface area (TPSA) is 98.3 Å². The average molecular weight is 317 g/mol. The number of phenols is 1. The maximum atomic E-state index is 11.6. The van der Waals surface area contributed by atoms with Crippen molar-refractivity contribution in [1.29, 1.82) is 0 Å². The van der Waals surface area contributed by atoms with Gasteiger partial charge in [-0.05, 0) is 30.3 Å². The molecule has 1 fully saturated rings. The lowest BCUT2D eigenvalue weighted by molar-refractivity contribution is 0.101. The van der Waals surface area contributed by atoms with Gasteiger partial charge in [0.1, 0.15) is 11.3 Å². The van der Waals surface area contributed by atoms with Gasteiger partial charge in [-0.1, -0.05) is 0 Å². The van der Waals surface area contributed by atoms with E-state index in [4.69, 9.17) is 9.62 Å². The summed E-state index contributed by atoms with van der Waals surface area (Å²) in [7, 11) is 0. The molecular formula is C16H19N3O4. The van der Waals surface area contributed by atoms with Crippen molar-refractivity contribution in [2.24, 2.45) is 5.16 Å². The van der Waals surface area contributed by atoms with Crippen molar-refractivity contribution in [1.82, 2.24) is 10.2 Å². The molecule has 0 aliphatic carbocycles. The minimum absolute atomic E-state index is 0.124. The summed E-state index contributed by atoms with van der Waals surface area (Å²) in [6.07, 6.45) is 0. The molecule has 122 valence electrons. The Morgan fingerprint density at radius 2 is 2.13 bits per heavy atom. The summed E-state index contributed by atoms with van der Waals surface area (Å²) in [5.41, 5.74) is 1.13. The number of Topliss-reactive ketones (excluding diaryl/α,β-unsaturated/α-hetero) is 1. The van der Waals surface area contributed by atoms with Crippen molar-refractivity contribution >= 4 is 16.8 Å². The highest BCUT2D eigenvalue weighted by Gasteiger charge is 2.18. The second-order valence-electron chi connectivity index (χ2n) is 5.63. The van der Waals surface area contributed by atoms with Crippen LogP contribution < -0.4 is 10.9 Å². The van der Waals surface area contributed by atoms with Crippen LogP contribution in [0.25, 0.3) is 11.0 Å². The second kappa shape index (κ2) is 6.39. The molecule has 0 atom stereocenters. The van der Waals surface area contributed by atoms with Gasteiger partial charge in [-0.2, -0.15) is 0 Å². The lowest BCUT2D eigenvalue weighted by Gasteiger charge is -2.27. The zero-order valence-corrected chi connectivity index (χ0v) is 12.9. The molecule has 1 saturated heterocycles. The van der Waals surface area contributed by atoms with Crippen LogP contribution in [-0.4, -0.2) is 47.2 Å². The van der Waals surface area contributed by atoms with Crippen molar-refractivity contribution in [2.45, 2.75) is 13.5 Å². The molecule has 7 heteroatoms. The molecular weight excluding hydrogens is 298 g/mol. The molecule has 1 aliphatic rings. The Labute approximate surface area is 132 Å². The Balaban J connectivity index is 2.12. The van der Waals surface area contributed by atoms with Crippen molar-refractivity contribution in [3.63, 3.8) is 0 Å². The number of nitrogens with one attached hydrogen (secondary N) is 1. The highest BCUT2D eigenvalue weighted by atomic mass is 16.5. The Hall–Kier alpha value is -2.38. The molecule has 0 radical (unpaired) electrons. The molecule has 1 aromatic carbocycles. The Morgan fingerprint density at radius 3 is 2.78 bits per heavy atom. The van der Waals surface area contributed by atoms with E-state index in [9.17, 15) is 9.90 Å². The van der Waals surface area contributed by atoms with Gasteiger partial charge >= 0.3 is 0 Å².